The van der Waals surface area contributed by atoms with Gasteiger partial charge in [-0.3, -0.25) is 4.79 Å². The zero-order chi connectivity index (χ0) is 17.8. The Bertz CT molecular complexity index is 722. The number of thioether (sulfide) groups is 1. The van der Waals surface area contributed by atoms with Crippen LogP contribution in [0.4, 0.5) is 0 Å². The van der Waals surface area contributed by atoms with E-state index in [1.54, 1.807) is 0 Å². The Labute approximate surface area is 152 Å². The van der Waals surface area contributed by atoms with E-state index in [0.29, 0.717) is 22.8 Å². The highest BCUT2D eigenvalue weighted by atomic mass is 32.2. The van der Waals surface area contributed by atoms with Crippen molar-refractivity contribution in [3.8, 4) is 11.4 Å². The number of amides is 1. The Morgan fingerprint density at radius 1 is 1.24 bits per heavy atom. The molecule has 1 fully saturated rings. The summed E-state index contributed by atoms with van der Waals surface area (Å²) in [5.41, 5.74) is 2.09. The van der Waals surface area contributed by atoms with E-state index in [0.717, 1.165) is 18.4 Å². The molecule has 1 aromatic carbocycles. The average molecular weight is 359 g/mol. The van der Waals surface area contributed by atoms with Gasteiger partial charge in [0.15, 0.2) is 5.82 Å². The first-order valence-electron chi connectivity index (χ1n) is 8.72. The number of nitrogens with two attached hydrogens (primary N) is 1. The number of aromatic nitrogens is 3. The summed E-state index contributed by atoms with van der Waals surface area (Å²) in [5, 5.41) is 8.87. The zero-order valence-corrected chi connectivity index (χ0v) is 15.6. The van der Waals surface area contributed by atoms with Gasteiger partial charge in [0.25, 0.3) is 0 Å². The number of aryl methyl sites for hydroxylation is 1. The summed E-state index contributed by atoms with van der Waals surface area (Å²) >= 11 is 1.34. The van der Waals surface area contributed by atoms with Crippen LogP contribution >= 0.6 is 11.8 Å². The third-order valence-electron chi connectivity index (χ3n) is 4.81. The largest absolute Gasteiger partial charge is 0.342 e. The van der Waals surface area contributed by atoms with Crippen LogP contribution in [0.3, 0.4) is 0 Å². The van der Waals surface area contributed by atoms with Crippen molar-refractivity contribution in [3.05, 3.63) is 29.8 Å². The highest BCUT2D eigenvalue weighted by molar-refractivity contribution is 7.99. The Morgan fingerprint density at radius 3 is 2.60 bits per heavy atom. The SMILES string of the molecule is Cc1ccc(-c2nnc(SCC(=O)N(C)C3CCCCC3)n2N)cc1. The van der Waals surface area contributed by atoms with Crippen molar-refractivity contribution in [3.63, 3.8) is 0 Å². The quantitative estimate of drug-likeness (QED) is 0.656. The second-order valence-corrected chi connectivity index (χ2v) is 7.57. The van der Waals surface area contributed by atoms with Gasteiger partial charge in [0.1, 0.15) is 0 Å². The van der Waals surface area contributed by atoms with Crippen LogP contribution in [-0.4, -0.2) is 44.5 Å². The molecule has 1 amide bonds. The molecule has 25 heavy (non-hydrogen) atoms. The van der Waals surface area contributed by atoms with Gasteiger partial charge in [-0.25, -0.2) is 4.68 Å². The van der Waals surface area contributed by atoms with E-state index in [1.165, 1.54) is 41.3 Å². The van der Waals surface area contributed by atoms with Gasteiger partial charge in [-0.2, -0.15) is 0 Å². The van der Waals surface area contributed by atoms with Crippen LogP contribution in [0.5, 0.6) is 0 Å². The summed E-state index contributed by atoms with van der Waals surface area (Å²) in [7, 11) is 1.91. The molecule has 6 nitrogen and oxygen atoms in total. The van der Waals surface area contributed by atoms with Crippen molar-refractivity contribution < 1.29 is 4.79 Å². The van der Waals surface area contributed by atoms with Crippen LogP contribution < -0.4 is 5.84 Å². The molecule has 0 unspecified atom stereocenters. The van der Waals surface area contributed by atoms with Crippen molar-refractivity contribution in [2.45, 2.75) is 50.2 Å². The molecule has 0 radical (unpaired) electrons. The minimum Gasteiger partial charge on any atom is -0.342 e. The summed E-state index contributed by atoms with van der Waals surface area (Å²) in [6.45, 7) is 2.03. The number of nitrogens with zero attached hydrogens (tertiary/aromatic N) is 4. The fourth-order valence-corrected chi connectivity index (χ4v) is 3.96. The van der Waals surface area contributed by atoms with E-state index in [9.17, 15) is 4.79 Å². The lowest BCUT2D eigenvalue weighted by atomic mass is 9.94. The number of hydrogen-bond acceptors (Lipinski definition) is 5. The second kappa shape index (κ2) is 7.91. The molecule has 7 heteroatoms. The number of benzene rings is 1. The maximum atomic E-state index is 12.4. The standard InChI is InChI=1S/C18H25N5OS/c1-13-8-10-14(11-9-13)17-20-21-18(23(17)19)25-12-16(24)22(2)15-6-4-3-5-7-15/h8-11,15H,3-7,12,19H2,1-2H3. The van der Waals surface area contributed by atoms with Crippen molar-refractivity contribution in [2.75, 3.05) is 18.6 Å². The first-order valence-corrected chi connectivity index (χ1v) is 9.71. The lowest BCUT2D eigenvalue weighted by Gasteiger charge is -2.31. The molecule has 1 heterocycles. The van der Waals surface area contributed by atoms with Crippen LogP contribution in [0, 0.1) is 6.92 Å². The summed E-state index contributed by atoms with van der Waals surface area (Å²) in [6, 6.07) is 8.35. The van der Waals surface area contributed by atoms with E-state index >= 15 is 0 Å². The highest BCUT2D eigenvalue weighted by Crippen LogP contribution is 2.24. The molecule has 3 rings (SSSR count). The molecule has 1 aliphatic carbocycles. The minimum atomic E-state index is 0.122. The van der Waals surface area contributed by atoms with Crippen LogP contribution in [0.2, 0.25) is 0 Å². The van der Waals surface area contributed by atoms with Crippen LogP contribution in [0.15, 0.2) is 29.4 Å². The van der Waals surface area contributed by atoms with E-state index in [-0.39, 0.29) is 5.91 Å². The summed E-state index contributed by atoms with van der Waals surface area (Å²) in [6.07, 6.45) is 5.93. The maximum absolute atomic E-state index is 12.4. The van der Waals surface area contributed by atoms with Crippen molar-refractivity contribution >= 4 is 17.7 Å². The third kappa shape index (κ3) is 4.15. The van der Waals surface area contributed by atoms with Gasteiger partial charge < -0.3 is 10.7 Å². The van der Waals surface area contributed by atoms with Crippen molar-refractivity contribution in [1.82, 2.24) is 19.8 Å². The Kier molecular flexibility index (Phi) is 5.63. The highest BCUT2D eigenvalue weighted by Gasteiger charge is 2.22. The van der Waals surface area contributed by atoms with Gasteiger partial charge >= 0.3 is 0 Å². The van der Waals surface area contributed by atoms with Gasteiger partial charge in [0.2, 0.25) is 11.1 Å². The zero-order valence-electron chi connectivity index (χ0n) is 14.8. The van der Waals surface area contributed by atoms with Gasteiger partial charge in [-0.1, -0.05) is 60.9 Å². The fraction of sp³-hybridized carbons (Fsp3) is 0.500. The van der Waals surface area contributed by atoms with Crippen LogP contribution in [0.25, 0.3) is 11.4 Å². The number of hydrogen-bond donors (Lipinski definition) is 1. The number of rotatable bonds is 5. The van der Waals surface area contributed by atoms with Crippen molar-refractivity contribution in [2.24, 2.45) is 0 Å². The van der Waals surface area contributed by atoms with Gasteiger partial charge in [0.05, 0.1) is 5.75 Å². The first kappa shape index (κ1) is 17.8. The predicted molar refractivity (Wildman–Crippen MR) is 101 cm³/mol. The Morgan fingerprint density at radius 2 is 1.92 bits per heavy atom. The topological polar surface area (TPSA) is 77.0 Å². The minimum absolute atomic E-state index is 0.122. The third-order valence-corrected chi connectivity index (χ3v) is 5.74. The Hall–Kier alpha value is -2.02. The summed E-state index contributed by atoms with van der Waals surface area (Å²) < 4.78 is 1.46. The number of nitrogen functional groups attached to an aromatic ring is 1. The molecule has 134 valence electrons. The first-order chi connectivity index (χ1) is 12.1. The Balaban J connectivity index is 1.61. The monoisotopic (exact) mass is 359 g/mol. The molecule has 0 bridgehead atoms. The van der Waals surface area contributed by atoms with Gasteiger partial charge in [-0.15, -0.1) is 10.2 Å². The van der Waals surface area contributed by atoms with Crippen LogP contribution in [0.1, 0.15) is 37.7 Å². The van der Waals surface area contributed by atoms with Gasteiger partial charge in [-0.05, 0) is 19.8 Å². The van der Waals surface area contributed by atoms with E-state index in [2.05, 4.69) is 10.2 Å². The van der Waals surface area contributed by atoms with E-state index in [4.69, 9.17) is 5.84 Å². The van der Waals surface area contributed by atoms with Gasteiger partial charge in [0, 0.05) is 18.7 Å². The van der Waals surface area contributed by atoms with Crippen molar-refractivity contribution in [1.29, 1.82) is 0 Å². The molecule has 1 aliphatic rings. The molecule has 0 atom stereocenters. The van der Waals surface area contributed by atoms with Crippen LogP contribution in [-0.2, 0) is 4.79 Å². The molecule has 1 aromatic heterocycles. The molecule has 1 saturated carbocycles. The lowest BCUT2D eigenvalue weighted by molar-refractivity contribution is -0.129. The smallest absolute Gasteiger partial charge is 0.233 e. The molecular weight excluding hydrogens is 334 g/mol. The normalized spacial score (nSPS) is 15.3. The lowest BCUT2D eigenvalue weighted by Crippen LogP contribution is -2.39. The number of carbonyl (C=O) groups excluding carboxylic acids is 1. The van der Waals surface area contributed by atoms with E-state index in [1.807, 2.05) is 43.1 Å². The molecule has 0 aliphatic heterocycles. The summed E-state index contributed by atoms with van der Waals surface area (Å²) in [5.74, 6) is 7.18. The molecule has 0 spiro atoms. The summed E-state index contributed by atoms with van der Waals surface area (Å²) in [4.78, 5) is 14.3. The maximum Gasteiger partial charge on any atom is 0.233 e. The predicted octanol–water partition coefficient (Wildman–Crippen LogP) is 2.85. The molecule has 2 aromatic rings. The second-order valence-electron chi connectivity index (χ2n) is 6.63. The molecular formula is C18H25N5OS. The average Bonchev–Trinajstić information content (AvgIpc) is 3.01. The number of carbonyl (C=O) groups is 1. The molecule has 0 saturated heterocycles. The fourth-order valence-electron chi connectivity index (χ4n) is 3.18. The van der Waals surface area contributed by atoms with E-state index < -0.39 is 0 Å². The molecule has 2 N–H and O–H groups in total.